The molecule has 0 radical (unpaired) electrons. The lowest BCUT2D eigenvalue weighted by molar-refractivity contribution is -0.274. The van der Waals surface area contributed by atoms with Gasteiger partial charge in [-0.3, -0.25) is 4.79 Å². The van der Waals surface area contributed by atoms with Crippen LogP contribution in [0.1, 0.15) is 16.1 Å². The number of aromatic amines is 1. The van der Waals surface area contributed by atoms with Gasteiger partial charge in [0.15, 0.2) is 0 Å². The number of hydrogen-bond donors (Lipinski definition) is 4. The van der Waals surface area contributed by atoms with Crippen molar-refractivity contribution in [2.75, 3.05) is 23.3 Å². The largest absolute Gasteiger partial charge is 0.573 e. The molecule has 3 aromatic rings. The van der Waals surface area contributed by atoms with Gasteiger partial charge in [0.25, 0.3) is 5.91 Å². The summed E-state index contributed by atoms with van der Waals surface area (Å²) in [5, 5.41) is 22.6. The molecule has 1 aromatic heterocycles. The van der Waals surface area contributed by atoms with Crippen LogP contribution in [-0.4, -0.2) is 52.8 Å². The van der Waals surface area contributed by atoms with Crippen LogP contribution < -0.4 is 15.0 Å². The second kappa shape index (κ2) is 9.13. The summed E-state index contributed by atoms with van der Waals surface area (Å²) in [5.41, 5.74) is 3.06. The summed E-state index contributed by atoms with van der Waals surface area (Å²) in [5.74, 6) is 1.62. The molecule has 1 aliphatic rings. The highest BCUT2D eigenvalue weighted by molar-refractivity contribution is 6.05. The summed E-state index contributed by atoms with van der Waals surface area (Å²) in [6, 6.07) is 13.2. The van der Waals surface area contributed by atoms with E-state index in [0.29, 0.717) is 22.6 Å². The van der Waals surface area contributed by atoms with E-state index < -0.39 is 30.2 Å². The number of halogens is 3. The Morgan fingerprint density at radius 2 is 1.76 bits per heavy atom. The summed E-state index contributed by atoms with van der Waals surface area (Å²) in [7, 11) is 0. The number of nitrogens with one attached hydrogen (secondary N) is 2. The average Bonchev–Trinajstić information content (AvgIpc) is 3.40. The normalized spacial score (nSPS) is 17.9. The highest BCUT2D eigenvalue weighted by Gasteiger charge is 2.32. The van der Waals surface area contributed by atoms with Crippen molar-refractivity contribution in [3.05, 3.63) is 65.9 Å². The monoisotopic (exact) mass is 471 g/mol. The number of carbonyl (C=O) groups is 1. The first kappa shape index (κ1) is 23.2. The Balaban J connectivity index is 1.60. The Bertz CT molecular complexity index is 1220. The number of aromatic nitrogens is 1. The van der Waals surface area contributed by atoms with Gasteiger partial charge in [-0.1, -0.05) is 5.92 Å². The number of hydrogen-bond acceptors (Lipinski definition) is 5. The van der Waals surface area contributed by atoms with E-state index in [1.54, 1.807) is 30.3 Å². The van der Waals surface area contributed by atoms with Crippen molar-refractivity contribution in [1.82, 2.24) is 4.98 Å². The van der Waals surface area contributed by atoms with Crippen LogP contribution in [0.4, 0.5) is 24.5 Å². The van der Waals surface area contributed by atoms with Gasteiger partial charge >= 0.3 is 6.36 Å². The van der Waals surface area contributed by atoms with Crippen LogP contribution in [0.15, 0.2) is 54.6 Å². The minimum atomic E-state index is -4.80. The maximum absolute atomic E-state index is 12.9. The first-order valence-corrected chi connectivity index (χ1v) is 10.2. The van der Waals surface area contributed by atoms with Crippen LogP contribution in [0.25, 0.3) is 11.3 Å². The molecule has 1 amide bonds. The fraction of sp³-hybridized carbons (Fsp3) is 0.208. The van der Waals surface area contributed by atoms with E-state index in [2.05, 4.69) is 21.0 Å². The molecule has 0 bridgehead atoms. The first-order valence-electron chi connectivity index (χ1n) is 10.2. The molecule has 176 valence electrons. The van der Waals surface area contributed by atoms with E-state index >= 15 is 0 Å². The van der Waals surface area contributed by atoms with Crippen molar-refractivity contribution in [3.63, 3.8) is 0 Å². The fourth-order valence-corrected chi connectivity index (χ4v) is 3.71. The van der Waals surface area contributed by atoms with Crippen molar-refractivity contribution in [3.8, 4) is 29.4 Å². The number of alkyl halides is 3. The van der Waals surface area contributed by atoms with Crippen LogP contribution >= 0.6 is 0 Å². The van der Waals surface area contributed by atoms with Crippen LogP contribution in [-0.2, 0) is 0 Å². The molecule has 2 atom stereocenters. The van der Waals surface area contributed by atoms with E-state index in [-0.39, 0.29) is 24.3 Å². The van der Waals surface area contributed by atoms with Gasteiger partial charge in [-0.25, -0.2) is 0 Å². The van der Waals surface area contributed by atoms with E-state index in [1.807, 2.05) is 4.90 Å². The van der Waals surface area contributed by atoms with Gasteiger partial charge in [0.05, 0.1) is 17.9 Å². The third-order valence-corrected chi connectivity index (χ3v) is 5.34. The second-order valence-electron chi connectivity index (χ2n) is 7.73. The summed E-state index contributed by atoms with van der Waals surface area (Å²) in [6.07, 6.45) is -1.15. The zero-order chi connectivity index (χ0) is 24.5. The SMILES string of the molecule is C#Cc1ccc(-c2cc(C(=O)Nc3ccc(OC(F)(F)F)cc3)ccc2N2C[C@H](O)[C@@H](O)C2)[nH]1. The van der Waals surface area contributed by atoms with Crippen LogP contribution in [0, 0.1) is 12.3 Å². The predicted molar refractivity (Wildman–Crippen MR) is 119 cm³/mol. The molecule has 1 saturated heterocycles. The molecule has 4 N–H and O–H groups in total. The Morgan fingerprint density at radius 1 is 1.09 bits per heavy atom. The molecule has 0 unspecified atom stereocenters. The van der Waals surface area contributed by atoms with E-state index in [1.165, 1.54) is 12.1 Å². The number of terminal acetylenes is 1. The summed E-state index contributed by atoms with van der Waals surface area (Å²) in [6.45, 7) is 0.434. The van der Waals surface area contributed by atoms with Crippen LogP contribution in [0.5, 0.6) is 5.75 Å². The molecular weight excluding hydrogens is 451 g/mol. The maximum Gasteiger partial charge on any atom is 0.573 e. The number of carbonyl (C=O) groups excluding carboxylic acids is 1. The summed E-state index contributed by atoms with van der Waals surface area (Å²) >= 11 is 0. The van der Waals surface area contributed by atoms with E-state index in [4.69, 9.17) is 6.42 Å². The molecule has 1 aliphatic heterocycles. The first-order chi connectivity index (χ1) is 16.1. The molecule has 0 spiro atoms. The number of anilines is 2. The number of amides is 1. The summed E-state index contributed by atoms with van der Waals surface area (Å²) in [4.78, 5) is 17.7. The molecule has 0 aliphatic carbocycles. The quantitative estimate of drug-likeness (QED) is 0.428. The van der Waals surface area contributed by atoms with Crippen molar-refractivity contribution >= 4 is 17.3 Å². The third kappa shape index (κ3) is 5.17. The van der Waals surface area contributed by atoms with Gasteiger partial charge in [0.1, 0.15) is 5.75 Å². The molecule has 1 fully saturated rings. The molecule has 34 heavy (non-hydrogen) atoms. The van der Waals surface area contributed by atoms with Gasteiger partial charge in [0.2, 0.25) is 0 Å². The van der Waals surface area contributed by atoms with Crippen molar-refractivity contribution in [1.29, 1.82) is 0 Å². The number of β-amino-alcohol motifs (C(OH)–C–C–N with tert-alkyl or cyclic N) is 2. The number of H-pyrrole nitrogens is 1. The number of benzene rings is 2. The van der Waals surface area contributed by atoms with Crippen molar-refractivity contribution < 1.29 is 32.9 Å². The highest BCUT2D eigenvalue weighted by atomic mass is 19.4. The second-order valence-corrected chi connectivity index (χ2v) is 7.73. The van der Waals surface area contributed by atoms with E-state index in [0.717, 1.165) is 12.1 Å². The zero-order valence-electron chi connectivity index (χ0n) is 17.6. The Morgan fingerprint density at radius 3 is 2.35 bits per heavy atom. The number of rotatable bonds is 5. The smallest absolute Gasteiger partial charge is 0.406 e. The molecule has 2 heterocycles. The zero-order valence-corrected chi connectivity index (χ0v) is 17.6. The lowest BCUT2D eigenvalue weighted by Crippen LogP contribution is -2.22. The number of aliphatic hydroxyl groups is 2. The number of ether oxygens (including phenoxy) is 1. The Kier molecular flexibility index (Phi) is 6.24. The molecule has 4 rings (SSSR count). The molecule has 7 nitrogen and oxygen atoms in total. The van der Waals surface area contributed by atoms with Gasteiger partial charge in [-0.05, 0) is 54.6 Å². The predicted octanol–water partition coefficient (Wildman–Crippen LogP) is 3.36. The minimum absolute atomic E-state index is 0.217. The van der Waals surface area contributed by atoms with Crippen LogP contribution in [0.3, 0.4) is 0 Å². The third-order valence-electron chi connectivity index (χ3n) is 5.34. The molecule has 0 saturated carbocycles. The maximum atomic E-state index is 12.9. The van der Waals surface area contributed by atoms with Gasteiger partial charge < -0.3 is 30.2 Å². The summed E-state index contributed by atoms with van der Waals surface area (Å²) < 4.78 is 40.8. The standard InChI is InChI=1S/C24H20F3N3O4/c1-2-15-6-9-19(28-15)18-11-14(3-10-20(18)30-12-21(31)22(32)13-30)23(33)29-16-4-7-17(8-5-16)34-24(25,26)27/h1,3-11,21-22,28,31-32H,12-13H2,(H,29,33)/t21-,22-/m0/s1. The average molecular weight is 471 g/mol. The Labute approximate surface area is 192 Å². The fourth-order valence-electron chi connectivity index (χ4n) is 3.71. The van der Waals surface area contributed by atoms with Crippen molar-refractivity contribution in [2.45, 2.75) is 18.6 Å². The van der Waals surface area contributed by atoms with E-state index in [9.17, 15) is 28.2 Å². The molecule has 2 aromatic carbocycles. The van der Waals surface area contributed by atoms with Crippen molar-refractivity contribution in [2.24, 2.45) is 0 Å². The van der Waals surface area contributed by atoms with Crippen LogP contribution in [0.2, 0.25) is 0 Å². The van der Waals surface area contributed by atoms with Gasteiger partial charge in [-0.15, -0.1) is 19.6 Å². The lowest BCUT2D eigenvalue weighted by atomic mass is 10.0. The number of aliphatic hydroxyl groups excluding tert-OH is 2. The molecular formula is C24H20F3N3O4. The Hall–Kier alpha value is -3.94. The molecule has 10 heteroatoms. The van der Waals surface area contributed by atoms with Gasteiger partial charge in [-0.2, -0.15) is 0 Å². The lowest BCUT2D eigenvalue weighted by Gasteiger charge is -2.22. The highest BCUT2D eigenvalue weighted by Crippen LogP contribution is 2.34. The van der Waals surface area contributed by atoms with Gasteiger partial charge in [0, 0.05) is 41.3 Å². The number of nitrogens with zero attached hydrogens (tertiary/aromatic N) is 1. The minimum Gasteiger partial charge on any atom is -0.406 e. The topological polar surface area (TPSA) is 97.8 Å².